The molecule has 0 saturated heterocycles. The molecule has 80 valence electrons. The molecule has 0 amide bonds. The van der Waals surface area contributed by atoms with Crippen LogP contribution in [-0.2, 0) is 0 Å². The number of nitrogens with one attached hydrogen (secondary N) is 1. The fourth-order valence-electron chi connectivity index (χ4n) is 1.36. The largest absolute Gasteiger partial charge is 0.312 e. The van der Waals surface area contributed by atoms with Crippen molar-refractivity contribution in [2.75, 3.05) is 7.05 Å². The summed E-state index contributed by atoms with van der Waals surface area (Å²) in [6, 6.07) is 5.77. The summed E-state index contributed by atoms with van der Waals surface area (Å²) >= 11 is 12.1. The third-order valence-corrected chi connectivity index (χ3v) is 3.02. The molecule has 3 heteroatoms. The fourth-order valence-corrected chi connectivity index (χ4v) is 1.80. The SMILES string of the molecule is CC#CCC(NC)c1cccc(Cl)c1Cl. The number of hydrogen-bond acceptors (Lipinski definition) is 1. The molecule has 0 aliphatic heterocycles. The first-order valence-electron chi connectivity index (χ1n) is 4.71. The highest BCUT2D eigenvalue weighted by molar-refractivity contribution is 6.42. The average molecular weight is 242 g/mol. The van der Waals surface area contributed by atoms with Gasteiger partial charge in [-0.15, -0.1) is 11.8 Å². The quantitative estimate of drug-likeness (QED) is 0.797. The van der Waals surface area contributed by atoms with Gasteiger partial charge in [-0.1, -0.05) is 35.3 Å². The van der Waals surface area contributed by atoms with E-state index in [1.807, 2.05) is 26.1 Å². The van der Waals surface area contributed by atoms with Crippen LogP contribution in [0.4, 0.5) is 0 Å². The van der Waals surface area contributed by atoms with Gasteiger partial charge in [0.25, 0.3) is 0 Å². The van der Waals surface area contributed by atoms with E-state index >= 15 is 0 Å². The highest BCUT2D eigenvalue weighted by atomic mass is 35.5. The lowest BCUT2D eigenvalue weighted by Gasteiger charge is -2.15. The Morgan fingerprint density at radius 1 is 1.40 bits per heavy atom. The van der Waals surface area contributed by atoms with Crippen LogP contribution in [0.2, 0.25) is 10.0 Å². The summed E-state index contributed by atoms with van der Waals surface area (Å²) in [6.45, 7) is 1.83. The van der Waals surface area contributed by atoms with E-state index in [1.165, 1.54) is 0 Å². The molecule has 0 fully saturated rings. The van der Waals surface area contributed by atoms with Gasteiger partial charge in [-0.2, -0.15) is 0 Å². The standard InChI is InChI=1S/C12H13Cl2N/c1-3-4-8-11(15-2)9-6-5-7-10(13)12(9)14/h5-7,11,15H,8H2,1-2H3. The number of halogens is 2. The molecular formula is C12H13Cl2N. The maximum Gasteiger partial charge on any atom is 0.0640 e. The van der Waals surface area contributed by atoms with E-state index in [2.05, 4.69) is 17.2 Å². The first-order valence-corrected chi connectivity index (χ1v) is 5.47. The van der Waals surface area contributed by atoms with Crippen molar-refractivity contribution in [3.8, 4) is 11.8 Å². The molecule has 0 spiro atoms. The summed E-state index contributed by atoms with van der Waals surface area (Å²) in [4.78, 5) is 0. The first-order chi connectivity index (χ1) is 7.20. The van der Waals surface area contributed by atoms with E-state index in [-0.39, 0.29) is 6.04 Å². The first kappa shape index (κ1) is 12.4. The van der Waals surface area contributed by atoms with Gasteiger partial charge in [0.2, 0.25) is 0 Å². The van der Waals surface area contributed by atoms with Crippen molar-refractivity contribution in [2.45, 2.75) is 19.4 Å². The Morgan fingerprint density at radius 3 is 2.73 bits per heavy atom. The van der Waals surface area contributed by atoms with Crippen LogP contribution >= 0.6 is 23.2 Å². The summed E-state index contributed by atoms with van der Waals surface area (Å²) in [5.74, 6) is 5.90. The molecular weight excluding hydrogens is 229 g/mol. The second kappa shape index (κ2) is 6.02. The lowest BCUT2D eigenvalue weighted by molar-refractivity contribution is 0.611. The molecule has 1 atom stereocenters. The van der Waals surface area contributed by atoms with E-state index in [9.17, 15) is 0 Å². The van der Waals surface area contributed by atoms with Crippen molar-refractivity contribution in [3.05, 3.63) is 33.8 Å². The highest BCUT2D eigenvalue weighted by Gasteiger charge is 2.13. The van der Waals surface area contributed by atoms with Crippen LogP contribution in [0.15, 0.2) is 18.2 Å². The average Bonchev–Trinajstić information content (AvgIpc) is 2.25. The molecule has 0 bridgehead atoms. The van der Waals surface area contributed by atoms with Crippen molar-refractivity contribution in [1.29, 1.82) is 0 Å². The molecule has 1 N–H and O–H groups in total. The van der Waals surface area contributed by atoms with E-state index in [4.69, 9.17) is 23.2 Å². The van der Waals surface area contributed by atoms with Crippen molar-refractivity contribution in [1.82, 2.24) is 5.32 Å². The van der Waals surface area contributed by atoms with Gasteiger partial charge in [-0.3, -0.25) is 0 Å². The number of hydrogen-bond donors (Lipinski definition) is 1. The Hall–Kier alpha value is -0.680. The van der Waals surface area contributed by atoms with Crippen LogP contribution in [0.1, 0.15) is 24.9 Å². The van der Waals surface area contributed by atoms with E-state index in [1.54, 1.807) is 6.07 Å². The molecule has 0 heterocycles. The van der Waals surface area contributed by atoms with Crippen LogP contribution in [0.25, 0.3) is 0 Å². The Labute approximate surface area is 101 Å². The normalized spacial score (nSPS) is 11.7. The highest BCUT2D eigenvalue weighted by Crippen LogP contribution is 2.30. The lowest BCUT2D eigenvalue weighted by atomic mass is 10.0. The molecule has 15 heavy (non-hydrogen) atoms. The number of benzene rings is 1. The maximum atomic E-state index is 6.13. The summed E-state index contributed by atoms with van der Waals surface area (Å²) in [5, 5.41) is 4.37. The zero-order chi connectivity index (χ0) is 11.3. The Bertz CT molecular complexity index is 390. The minimum Gasteiger partial charge on any atom is -0.312 e. The second-order valence-electron chi connectivity index (χ2n) is 3.12. The summed E-state index contributed by atoms with van der Waals surface area (Å²) in [6.07, 6.45) is 0.729. The zero-order valence-corrected chi connectivity index (χ0v) is 10.3. The fraction of sp³-hybridized carbons (Fsp3) is 0.333. The molecule has 0 radical (unpaired) electrons. The molecule has 1 nitrogen and oxygen atoms in total. The van der Waals surface area contributed by atoms with Gasteiger partial charge in [0.15, 0.2) is 0 Å². The summed E-state index contributed by atoms with van der Waals surface area (Å²) in [7, 11) is 1.89. The molecule has 0 aliphatic carbocycles. The van der Waals surface area contributed by atoms with Crippen molar-refractivity contribution in [2.24, 2.45) is 0 Å². The monoisotopic (exact) mass is 241 g/mol. The molecule has 0 aliphatic rings. The van der Waals surface area contributed by atoms with Crippen LogP contribution in [0, 0.1) is 11.8 Å². The topological polar surface area (TPSA) is 12.0 Å². The Kier molecular flexibility index (Phi) is 4.98. The van der Waals surface area contributed by atoms with Gasteiger partial charge in [0, 0.05) is 12.5 Å². The molecule has 0 saturated carbocycles. The number of rotatable bonds is 3. The van der Waals surface area contributed by atoms with Gasteiger partial charge < -0.3 is 5.32 Å². The van der Waals surface area contributed by atoms with Crippen LogP contribution in [0.3, 0.4) is 0 Å². The Morgan fingerprint density at radius 2 is 2.13 bits per heavy atom. The third kappa shape index (κ3) is 3.14. The molecule has 1 rings (SSSR count). The van der Waals surface area contributed by atoms with Crippen molar-refractivity contribution >= 4 is 23.2 Å². The van der Waals surface area contributed by atoms with Gasteiger partial charge in [-0.25, -0.2) is 0 Å². The third-order valence-electron chi connectivity index (χ3n) is 2.19. The second-order valence-corrected chi connectivity index (χ2v) is 3.90. The lowest BCUT2D eigenvalue weighted by Crippen LogP contribution is -2.16. The predicted molar refractivity (Wildman–Crippen MR) is 66.3 cm³/mol. The maximum absolute atomic E-state index is 6.13. The molecule has 1 aromatic rings. The summed E-state index contributed by atoms with van der Waals surface area (Å²) in [5.41, 5.74) is 0.995. The predicted octanol–water partition coefficient (Wildman–Crippen LogP) is 3.67. The van der Waals surface area contributed by atoms with E-state index in [0.29, 0.717) is 10.0 Å². The van der Waals surface area contributed by atoms with Crippen LogP contribution < -0.4 is 5.32 Å². The molecule has 1 unspecified atom stereocenters. The summed E-state index contributed by atoms with van der Waals surface area (Å²) < 4.78 is 0. The molecule has 1 aromatic carbocycles. The van der Waals surface area contributed by atoms with E-state index in [0.717, 1.165) is 12.0 Å². The van der Waals surface area contributed by atoms with Gasteiger partial charge >= 0.3 is 0 Å². The van der Waals surface area contributed by atoms with Crippen molar-refractivity contribution in [3.63, 3.8) is 0 Å². The van der Waals surface area contributed by atoms with Gasteiger partial charge in [-0.05, 0) is 25.6 Å². The van der Waals surface area contributed by atoms with Crippen molar-refractivity contribution < 1.29 is 0 Å². The smallest absolute Gasteiger partial charge is 0.0640 e. The minimum absolute atomic E-state index is 0.128. The Balaban J connectivity index is 2.99. The van der Waals surface area contributed by atoms with E-state index < -0.39 is 0 Å². The van der Waals surface area contributed by atoms with Gasteiger partial charge in [0.1, 0.15) is 0 Å². The zero-order valence-electron chi connectivity index (χ0n) is 8.77. The minimum atomic E-state index is 0.128. The van der Waals surface area contributed by atoms with Gasteiger partial charge in [0.05, 0.1) is 10.0 Å². The molecule has 0 aromatic heterocycles. The van der Waals surface area contributed by atoms with Crippen LogP contribution in [0.5, 0.6) is 0 Å². The van der Waals surface area contributed by atoms with Crippen LogP contribution in [-0.4, -0.2) is 7.05 Å².